The number of carbonyl (C=O) groups is 2. The Morgan fingerprint density at radius 1 is 1.11 bits per heavy atom. The van der Waals surface area contributed by atoms with Crippen molar-refractivity contribution in [3.8, 4) is 0 Å². The van der Waals surface area contributed by atoms with Crippen LogP contribution in [0.1, 0.15) is 41.6 Å². The number of Topliss-reactive ketones (excluding diaryl/α,β-unsaturated/α-hetero) is 1. The van der Waals surface area contributed by atoms with Gasteiger partial charge in [0.2, 0.25) is 5.91 Å². The molecule has 4 heteroatoms. The van der Waals surface area contributed by atoms with E-state index in [0.29, 0.717) is 24.9 Å². The van der Waals surface area contributed by atoms with E-state index in [1.807, 2.05) is 24.3 Å². The molecule has 4 nitrogen and oxygen atoms in total. The monoisotopic (exact) mass is 248 g/mol. The van der Waals surface area contributed by atoms with E-state index in [1.54, 1.807) is 0 Å². The molecule has 0 aliphatic heterocycles. The largest absolute Gasteiger partial charge is 0.370 e. The van der Waals surface area contributed by atoms with Crippen molar-refractivity contribution in [1.29, 1.82) is 0 Å². The summed E-state index contributed by atoms with van der Waals surface area (Å²) in [7, 11) is 0. The highest BCUT2D eigenvalue weighted by atomic mass is 16.1. The number of primary amides is 1. The van der Waals surface area contributed by atoms with Crippen molar-refractivity contribution < 1.29 is 9.59 Å². The van der Waals surface area contributed by atoms with Gasteiger partial charge in [-0.15, -0.1) is 0 Å². The smallest absolute Gasteiger partial charge is 0.217 e. The fraction of sp³-hybridized carbons (Fsp3) is 0.429. The van der Waals surface area contributed by atoms with Crippen LogP contribution in [0.4, 0.5) is 0 Å². The first-order valence-corrected chi connectivity index (χ1v) is 6.24. The number of benzene rings is 1. The van der Waals surface area contributed by atoms with Gasteiger partial charge in [0, 0.05) is 18.4 Å². The average molecular weight is 248 g/mol. The van der Waals surface area contributed by atoms with Crippen molar-refractivity contribution in [3.63, 3.8) is 0 Å². The van der Waals surface area contributed by atoms with Crippen LogP contribution in [0.15, 0.2) is 24.3 Å². The quantitative estimate of drug-likeness (QED) is 0.539. The first-order valence-electron chi connectivity index (χ1n) is 6.24. The Bertz CT molecular complexity index is 416. The maximum Gasteiger partial charge on any atom is 0.217 e. The molecule has 0 bridgehead atoms. The molecule has 0 saturated heterocycles. The van der Waals surface area contributed by atoms with E-state index in [2.05, 4.69) is 0 Å². The second-order valence-corrected chi connectivity index (χ2v) is 4.34. The van der Waals surface area contributed by atoms with Crippen molar-refractivity contribution in [2.75, 3.05) is 6.54 Å². The lowest BCUT2D eigenvalue weighted by atomic mass is 10.0. The summed E-state index contributed by atoms with van der Waals surface area (Å²) in [5, 5.41) is 0. The molecular formula is C14H20N2O2. The van der Waals surface area contributed by atoms with E-state index in [1.165, 1.54) is 0 Å². The summed E-state index contributed by atoms with van der Waals surface area (Å²) in [4.78, 5) is 22.3. The van der Waals surface area contributed by atoms with Crippen molar-refractivity contribution in [2.45, 2.75) is 32.1 Å². The van der Waals surface area contributed by atoms with Gasteiger partial charge in [-0.25, -0.2) is 0 Å². The third-order valence-electron chi connectivity index (χ3n) is 2.76. The molecule has 0 aromatic heterocycles. The van der Waals surface area contributed by atoms with Crippen molar-refractivity contribution in [1.82, 2.24) is 0 Å². The van der Waals surface area contributed by atoms with E-state index in [4.69, 9.17) is 11.5 Å². The summed E-state index contributed by atoms with van der Waals surface area (Å²) in [6.07, 6.45) is 3.35. The lowest BCUT2D eigenvalue weighted by Gasteiger charge is -2.04. The summed E-state index contributed by atoms with van der Waals surface area (Å²) >= 11 is 0. The van der Waals surface area contributed by atoms with E-state index in [0.717, 1.165) is 24.8 Å². The van der Waals surface area contributed by atoms with Crippen LogP contribution >= 0.6 is 0 Å². The van der Waals surface area contributed by atoms with Crippen LogP contribution in [0.3, 0.4) is 0 Å². The molecule has 0 fully saturated rings. The van der Waals surface area contributed by atoms with Crippen LogP contribution in [-0.4, -0.2) is 18.2 Å². The second-order valence-electron chi connectivity index (χ2n) is 4.34. The summed E-state index contributed by atoms with van der Waals surface area (Å²) in [5.41, 5.74) is 12.3. The van der Waals surface area contributed by atoms with Gasteiger partial charge in [0.05, 0.1) is 0 Å². The third-order valence-corrected chi connectivity index (χ3v) is 2.76. The van der Waals surface area contributed by atoms with Gasteiger partial charge >= 0.3 is 0 Å². The van der Waals surface area contributed by atoms with Crippen molar-refractivity contribution in [2.24, 2.45) is 11.5 Å². The molecule has 0 atom stereocenters. The zero-order valence-electron chi connectivity index (χ0n) is 10.5. The molecule has 18 heavy (non-hydrogen) atoms. The van der Waals surface area contributed by atoms with Crippen molar-refractivity contribution in [3.05, 3.63) is 35.4 Å². The summed E-state index contributed by atoms with van der Waals surface area (Å²) in [6.45, 7) is 0.377. The summed E-state index contributed by atoms with van der Waals surface area (Å²) in [6, 6.07) is 7.59. The predicted molar refractivity (Wildman–Crippen MR) is 71.2 cm³/mol. The number of rotatable bonds is 8. The van der Waals surface area contributed by atoms with Crippen LogP contribution in [-0.2, 0) is 11.2 Å². The Morgan fingerprint density at radius 3 is 2.56 bits per heavy atom. The molecule has 1 rings (SSSR count). The highest BCUT2D eigenvalue weighted by Crippen LogP contribution is 2.11. The number of unbranched alkanes of at least 4 members (excludes halogenated alkanes) is 1. The van der Waals surface area contributed by atoms with Gasteiger partial charge in [0.15, 0.2) is 5.78 Å². The summed E-state index contributed by atoms with van der Waals surface area (Å²) in [5.74, 6) is -0.182. The van der Waals surface area contributed by atoms with Gasteiger partial charge in [-0.05, 0) is 37.4 Å². The molecule has 98 valence electrons. The second kappa shape index (κ2) is 7.61. The number of carbonyl (C=O) groups excluding carboxylic acids is 2. The van der Waals surface area contributed by atoms with Crippen LogP contribution in [0.2, 0.25) is 0 Å². The number of aryl methyl sites for hydroxylation is 1. The third kappa shape index (κ3) is 5.10. The van der Waals surface area contributed by atoms with Crippen LogP contribution in [0.5, 0.6) is 0 Å². The van der Waals surface area contributed by atoms with Crippen molar-refractivity contribution >= 4 is 11.7 Å². The lowest BCUT2D eigenvalue weighted by molar-refractivity contribution is -0.118. The molecular weight excluding hydrogens is 228 g/mol. The van der Waals surface area contributed by atoms with Crippen LogP contribution < -0.4 is 11.5 Å². The minimum atomic E-state index is -0.262. The van der Waals surface area contributed by atoms with Gasteiger partial charge in [-0.3, -0.25) is 9.59 Å². The first kappa shape index (κ1) is 14.4. The molecule has 0 saturated carbocycles. The molecule has 0 unspecified atom stereocenters. The number of nitrogens with two attached hydrogens (primary N) is 2. The fourth-order valence-electron chi connectivity index (χ4n) is 1.80. The van der Waals surface area contributed by atoms with E-state index in [9.17, 15) is 9.59 Å². The lowest BCUT2D eigenvalue weighted by Crippen LogP contribution is -2.10. The molecule has 0 radical (unpaired) electrons. The van der Waals surface area contributed by atoms with Crippen LogP contribution in [0.25, 0.3) is 0 Å². The number of ketones is 1. The van der Waals surface area contributed by atoms with Gasteiger partial charge < -0.3 is 11.5 Å². The Hall–Kier alpha value is -1.68. The molecule has 0 heterocycles. The normalized spacial score (nSPS) is 10.3. The minimum absolute atomic E-state index is 0.0801. The van der Waals surface area contributed by atoms with Gasteiger partial charge in [0.1, 0.15) is 0 Å². The Morgan fingerprint density at radius 2 is 1.89 bits per heavy atom. The zero-order chi connectivity index (χ0) is 13.4. The highest BCUT2D eigenvalue weighted by molar-refractivity contribution is 5.96. The van der Waals surface area contributed by atoms with Crippen LogP contribution in [0, 0.1) is 0 Å². The minimum Gasteiger partial charge on any atom is -0.370 e. The SMILES string of the molecule is NCCC(=O)c1cccc(CCCCC(N)=O)c1. The molecule has 0 aliphatic rings. The number of amides is 1. The summed E-state index contributed by atoms with van der Waals surface area (Å²) < 4.78 is 0. The maximum absolute atomic E-state index is 11.7. The first-order chi connectivity index (χ1) is 8.63. The van der Waals surface area contributed by atoms with Gasteiger partial charge in [-0.1, -0.05) is 18.2 Å². The Labute approximate surface area is 107 Å². The Balaban J connectivity index is 2.49. The molecule has 1 aromatic carbocycles. The van der Waals surface area contributed by atoms with Gasteiger partial charge in [-0.2, -0.15) is 0 Å². The maximum atomic E-state index is 11.7. The average Bonchev–Trinajstić information content (AvgIpc) is 2.35. The zero-order valence-corrected chi connectivity index (χ0v) is 10.5. The topological polar surface area (TPSA) is 86.2 Å². The molecule has 0 spiro atoms. The highest BCUT2D eigenvalue weighted by Gasteiger charge is 2.05. The van der Waals surface area contributed by atoms with E-state index >= 15 is 0 Å². The molecule has 0 aliphatic carbocycles. The number of hydrogen-bond donors (Lipinski definition) is 2. The van der Waals surface area contributed by atoms with Gasteiger partial charge in [0.25, 0.3) is 0 Å². The van der Waals surface area contributed by atoms with E-state index in [-0.39, 0.29) is 11.7 Å². The fourth-order valence-corrected chi connectivity index (χ4v) is 1.80. The molecule has 4 N–H and O–H groups in total. The molecule has 1 aromatic rings. The van der Waals surface area contributed by atoms with E-state index < -0.39 is 0 Å². The standard InChI is InChI=1S/C14H20N2O2/c15-9-8-13(17)12-6-3-5-11(10-12)4-1-2-7-14(16)18/h3,5-6,10H,1-2,4,7-9,15H2,(H2,16,18). The predicted octanol–water partition coefficient (Wildman–Crippen LogP) is 1.42. The Kier molecular flexibility index (Phi) is 6.08. The molecule has 1 amide bonds. The number of hydrogen-bond acceptors (Lipinski definition) is 3.